The third-order valence-electron chi connectivity index (χ3n) is 5.12. The third-order valence-corrected chi connectivity index (χ3v) is 7.23. The van der Waals surface area contributed by atoms with Gasteiger partial charge in [-0.05, 0) is 48.4 Å². The molecule has 1 unspecified atom stereocenters. The zero-order chi connectivity index (χ0) is 20.1. The number of thiophene rings is 1. The van der Waals surface area contributed by atoms with Crippen molar-refractivity contribution in [3.8, 4) is 6.07 Å². The lowest BCUT2D eigenvalue weighted by Crippen LogP contribution is -2.12. The molecule has 1 amide bonds. The molecule has 2 aromatic heterocycles. The maximum Gasteiger partial charge on any atom is 0.225 e. The predicted molar refractivity (Wildman–Crippen MR) is 118 cm³/mol. The number of aromatic nitrogens is 1. The highest BCUT2D eigenvalue weighted by atomic mass is 32.2. The minimum Gasteiger partial charge on any atom is -0.317 e. The molecule has 1 N–H and O–H groups in total. The molecule has 1 aliphatic carbocycles. The van der Waals surface area contributed by atoms with Crippen molar-refractivity contribution < 1.29 is 4.79 Å². The Bertz CT molecular complexity index is 1030. The highest BCUT2D eigenvalue weighted by molar-refractivity contribution is 7.99. The lowest BCUT2D eigenvalue weighted by atomic mass is 9.83. The molecule has 1 aromatic carbocycles. The SMILES string of the molecule is N#Cc1c(NC(=O)CCSc2ccccn2)sc2c1CCC(c1ccccc1)C2. The summed E-state index contributed by atoms with van der Waals surface area (Å²) in [4.78, 5) is 17.9. The Kier molecular flexibility index (Phi) is 6.28. The van der Waals surface area contributed by atoms with Gasteiger partial charge in [-0.2, -0.15) is 5.26 Å². The van der Waals surface area contributed by atoms with Gasteiger partial charge in [0.25, 0.3) is 0 Å². The van der Waals surface area contributed by atoms with Crippen LogP contribution in [0.4, 0.5) is 5.00 Å². The number of nitriles is 1. The second-order valence-corrected chi connectivity index (χ2v) is 9.21. The molecule has 0 fully saturated rings. The normalized spacial score (nSPS) is 15.3. The first-order chi connectivity index (χ1) is 14.2. The number of carbonyl (C=O) groups is 1. The molecule has 4 rings (SSSR count). The number of hydrogen-bond donors (Lipinski definition) is 1. The summed E-state index contributed by atoms with van der Waals surface area (Å²) in [6, 6.07) is 18.6. The quantitative estimate of drug-likeness (QED) is 0.543. The van der Waals surface area contributed by atoms with Crippen LogP contribution in [0, 0.1) is 11.3 Å². The van der Waals surface area contributed by atoms with Crippen LogP contribution in [0.5, 0.6) is 0 Å². The number of hydrogen-bond acceptors (Lipinski definition) is 5. The fraction of sp³-hybridized carbons (Fsp3) is 0.261. The van der Waals surface area contributed by atoms with Gasteiger partial charge in [-0.25, -0.2) is 4.98 Å². The number of nitrogens with one attached hydrogen (secondary N) is 1. The molecule has 0 bridgehead atoms. The van der Waals surface area contributed by atoms with Crippen LogP contribution in [0.15, 0.2) is 59.8 Å². The average molecular weight is 420 g/mol. The average Bonchev–Trinajstić information content (AvgIpc) is 3.11. The van der Waals surface area contributed by atoms with Crippen molar-refractivity contribution in [2.75, 3.05) is 11.1 Å². The van der Waals surface area contributed by atoms with E-state index in [2.05, 4.69) is 40.6 Å². The number of pyridine rings is 1. The Morgan fingerprint density at radius 1 is 1.24 bits per heavy atom. The van der Waals surface area contributed by atoms with Crippen molar-refractivity contribution in [2.24, 2.45) is 0 Å². The minimum atomic E-state index is -0.0527. The van der Waals surface area contributed by atoms with E-state index >= 15 is 0 Å². The maximum absolute atomic E-state index is 12.4. The van der Waals surface area contributed by atoms with E-state index in [4.69, 9.17) is 0 Å². The lowest BCUT2D eigenvalue weighted by molar-refractivity contribution is -0.115. The number of amides is 1. The van der Waals surface area contributed by atoms with Crippen molar-refractivity contribution in [3.63, 3.8) is 0 Å². The van der Waals surface area contributed by atoms with Crippen molar-refractivity contribution in [1.82, 2.24) is 4.98 Å². The summed E-state index contributed by atoms with van der Waals surface area (Å²) in [6.07, 6.45) is 5.00. The molecular weight excluding hydrogens is 398 g/mol. The summed E-state index contributed by atoms with van der Waals surface area (Å²) in [5.74, 6) is 1.08. The van der Waals surface area contributed by atoms with Gasteiger partial charge in [0.05, 0.1) is 10.6 Å². The molecule has 0 radical (unpaired) electrons. The summed E-state index contributed by atoms with van der Waals surface area (Å²) < 4.78 is 0. The summed E-state index contributed by atoms with van der Waals surface area (Å²) in [5, 5.41) is 14.3. The zero-order valence-electron chi connectivity index (χ0n) is 15.9. The molecule has 0 spiro atoms. The van der Waals surface area contributed by atoms with Gasteiger partial charge in [0, 0.05) is 23.2 Å². The first-order valence-electron chi connectivity index (χ1n) is 9.68. The molecular formula is C23H21N3OS2. The van der Waals surface area contributed by atoms with E-state index in [9.17, 15) is 10.1 Å². The lowest BCUT2D eigenvalue weighted by Gasteiger charge is -2.22. The number of benzene rings is 1. The van der Waals surface area contributed by atoms with Crippen molar-refractivity contribution >= 4 is 34.0 Å². The largest absolute Gasteiger partial charge is 0.317 e. The van der Waals surface area contributed by atoms with E-state index in [0.29, 0.717) is 28.7 Å². The van der Waals surface area contributed by atoms with Gasteiger partial charge >= 0.3 is 0 Å². The Labute approximate surface area is 179 Å². The third kappa shape index (κ3) is 4.69. The molecule has 29 heavy (non-hydrogen) atoms. The second kappa shape index (κ2) is 9.25. The van der Waals surface area contributed by atoms with Gasteiger partial charge in [0.1, 0.15) is 11.1 Å². The van der Waals surface area contributed by atoms with Crippen molar-refractivity contribution in [2.45, 2.75) is 36.6 Å². The smallest absolute Gasteiger partial charge is 0.225 e. The van der Waals surface area contributed by atoms with Crippen molar-refractivity contribution in [3.05, 3.63) is 76.3 Å². The molecule has 2 heterocycles. The maximum atomic E-state index is 12.4. The fourth-order valence-corrected chi connectivity index (χ4v) is 5.77. The predicted octanol–water partition coefficient (Wildman–Crippen LogP) is 5.41. The molecule has 146 valence electrons. The van der Waals surface area contributed by atoms with Gasteiger partial charge < -0.3 is 5.32 Å². The van der Waals surface area contributed by atoms with Crippen molar-refractivity contribution in [1.29, 1.82) is 5.26 Å². The van der Waals surface area contributed by atoms with Gasteiger partial charge in [-0.3, -0.25) is 4.79 Å². The van der Waals surface area contributed by atoms with E-state index in [-0.39, 0.29) is 5.91 Å². The summed E-state index contributed by atoms with van der Waals surface area (Å²) in [7, 11) is 0. The highest BCUT2D eigenvalue weighted by Gasteiger charge is 2.27. The number of rotatable bonds is 6. The van der Waals surface area contributed by atoms with Gasteiger partial charge in [-0.1, -0.05) is 36.4 Å². The van der Waals surface area contributed by atoms with E-state index in [1.54, 1.807) is 29.3 Å². The van der Waals surface area contributed by atoms with Crippen LogP contribution in [0.2, 0.25) is 0 Å². The summed E-state index contributed by atoms with van der Waals surface area (Å²) in [6.45, 7) is 0. The van der Waals surface area contributed by atoms with Crippen LogP contribution in [0.3, 0.4) is 0 Å². The Morgan fingerprint density at radius 2 is 2.07 bits per heavy atom. The van der Waals surface area contributed by atoms with Crippen LogP contribution in [-0.4, -0.2) is 16.6 Å². The van der Waals surface area contributed by atoms with Crippen LogP contribution in [0.1, 0.15) is 40.3 Å². The Hall–Kier alpha value is -2.62. The fourth-order valence-electron chi connectivity index (χ4n) is 3.67. The van der Waals surface area contributed by atoms with Crippen LogP contribution < -0.4 is 5.32 Å². The molecule has 1 atom stereocenters. The van der Waals surface area contributed by atoms with E-state index in [1.165, 1.54) is 10.4 Å². The first-order valence-corrected chi connectivity index (χ1v) is 11.5. The summed E-state index contributed by atoms with van der Waals surface area (Å²) >= 11 is 3.13. The molecule has 0 aliphatic heterocycles. The van der Waals surface area contributed by atoms with E-state index < -0.39 is 0 Å². The first kappa shape index (κ1) is 19.7. The van der Waals surface area contributed by atoms with Crippen LogP contribution >= 0.6 is 23.1 Å². The molecule has 0 saturated heterocycles. The second-order valence-electron chi connectivity index (χ2n) is 6.98. The Balaban J connectivity index is 1.40. The number of thioether (sulfide) groups is 1. The monoisotopic (exact) mass is 419 g/mol. The van der Waals surface area contributed by atoms with Gasteiger partial charge in [-0.15, -0.1) is 23.1 Å². The highest BCUT2D eigenvalue weighted by Crippen LogP contribution is 2.42. The molecule has 0 saturated carbocycles. The number of carbonyl (C=O) groups excluding carboxylic acids is 1. The molecule has 1 aliphatic rings. The topological polar surface area (TPSA) is 65.8 Å². The number of fused-ring (bicyclic) bond motifs is 1. The van der Waals surface area contributed by atoms with E-state index in [1.807, 2.05) is 24.3 Å². The van der Waals surface area contributed by atoms with Crippen LogP contribution in [-0.2, 0) is 17.6 Å². The summed E-state index contributed by atoms with van der Waals surface area (Å²) in [5.41, 5.74) is 3.13. The van der Waals surface area contributed by atoms with Gasteiger partial charge in [0.2, 0.25) is 5.91 Å². The number of nitrogens with zero attached hydrogens (tertiary/aromatic N) is 2. The Morgan fingerprint density at radius 3 is 2.83 bits per heavy atom. The van der Waals surface area contributed by atoms with Crippen LogP contribution in [0.25, 0.3) is 0 Å². The molecule has 3 aromatic rings. The molecule has 4 nitrogen and oxygen atoms in total. The number of anilines is 1. The van der Waals surface area contributed by atoms with E-state index in [0.717, 1.165) is 29.9 Å². The standard InChI is InChI=1S/C23H21N3OS2/c24-15-19-18-10-9-17(16-6-2-1-3-7-16)14-20(18)29-23(19)26-21(27)11-13-28-22-8-4-5-12-25-22/h1-8,12,17H,9-11,13-14H2,(H,26,27). The zero-order valence-corrected chi connectivity index (χ0v) is 17.6. The van der Waals surface area contributed by atoms with Gasteiger partial charge in [0.15, 0.2) is 0 Å². The minimum absolute atomic E-state index is 0.0527. The molecule has 6 heteroatoms.